The molecule has 0 nitrogen and oxygen atoms in total. The van der Waals surface area contributed by atoms with Gasteiger partial charge in [0.05, 0.1) is 0 Å². The van der Waals surface area contributed by atoms with Crippen LogP contribution in [0.1, 0.15) is 0 Å². The largest absolute Gasteiger partial charge is 0.507 e. The molecule has 0 aromatic rings. The lowest BCUT2D eigenvalue weighted by Crippen LogP contribution is -1.84. The van der Waals surface area contributed by atoms with Gasteiger partial charge in [0.15, 0.2) is 0 Å². The smallest absolute Gasteiger partial charge is 0.349 e. The van der Waals surface area contributed by atoms with E-state index in [1.807, 2.05) is 0 Å². The van der Waals surface area contributed by atoms with Crippen LogP contribution in [0.3, 0.4) is 0 Å². The maximum absolute atomic E-state index is 2.31. The van der Waals surface area contributed by atoms with Crippen LogP contribution < -0.4 is 0 Å². The van der Waals surface area contributed by atoms with Crippen LogP contribution in [0, 0.1) is 0 Å². The van der Waals surface area contributed by atoms with Gasteiger partial charge in [-0.05, 0) is 0 Å². The summed E-state index contributed by atoms with van der Waals surface area (Å²) in [7, 11) is 0. The molecule has 1 heteroatoms. The summed E-state index contributed by atoms with van der Waals surface area (Å²) in [5.41, 5.74) is 0. The van der Waals surface area contributed by atoms with E-state index < -0.39 is 0 Å². The van der Waals surface area contributed by atoms with Crippen molar-refractivity contribution in [2.24, 2.45) is 0 Å². The van der Waals surface area contributed by atoms with Crippen LogP contribution >= 0.6 is 0 Å². The molecule has 0 aliphatic heterocycles. The van der Waals surface area contributed by atoms with Crippen molar-refractivity contribution in [3.63, 3.8) is 0 Å². The third-order valence-corrected chi connectivity index (χ3v) is 0. The van der Waals surface area contributed by atoms with Gasteiger partial charge in [-0.25, -0.2) is 0 Å². The van der Waals surface area contributed by atoms with Gasteiger partial charge in [-0.15, -0.1) is 0 Å². The molecule has 0 amide bonds. The first-order chi connectivity index (χ1) is 1.73. The van der Waals surface area contributed by atoms with Gasteiger partial charge in [0.25, 0.3) is 0 Å². The predicted octanol–water partition coefficient (Wildman–Crippen LogP) is 1.37. The Labute approximate surface area is 32.2 Å². The van der Waals surface area contributed by atoms with Gasteiger partial charge < -0.3 is 31.5 Å². The summed E-state index contributed by atoms with van der Waals surface area (Å²) in [6.45, 7) is 0. The molecule has 0 rings (SSSR count). The van der Waals surface area contributed by atoms with Crippen LogP contribution in [0.4, 0.5) is 0 Å². The third kappa shape index (κ3) is 21.0. The Morgan fingerprint density at radius 3 is 1.00 bits per heavy atom. The zero-order valence-corrected chi connectivity index (χ0v) is 4.73. The molecule has 0 saturated carbocycles. The molecule has 26 valence electrons. The minimum atomic E-state index is -0.139. The molecule has 0 spiro atoms. The SMILES string of the molecule is [CH3][Al-2]([CH3])[CH3]. The van der Waals surface area contributed by atoms with Gasteiger partial charge >= 0.3 is 0 Å². The summed E-state index contributed by atoms with van der Waals surface area (Å²) in [6.07, 6.45) is 0. The zero-order chi connectivity index (χ0) is 3.58. The molecule has 0 aliphatic carbocycles. The maximum Gasteiger partial charge on any atom is -0.349 e. The summed E-state index contributed by atoms with van der Waals surface area (Å²) < 4.78 is 0. The fraction of sp³-hybridized carbons (Fsp3) is 1.00. The fourth-order valence-electron chi connectivity index (χ4n) is 0. The van der Waals surface area contributed by atoms with Gasteiger partial charge in [0.2, 0.25) is 0 Å². The van der Waals surface area contributed by atoms with E-state index in [1.165, 1.54) is 0 Å². The number of rotatable bonds is 0. The first-order valence-electron chi connectivity index (χ1n) is 1.73. The highest BCUT2D eigenvalue weighted by molar-refractivity contribution is 6.54. The molecular formula is C3H9Al-2. The highest BCUT2D eigenvalue weighted by Crippen LogP contribution is 1.68. The van der Waals surface area contributed by atoms with Crippen LogP contribution in [0.25, 0.3) is 0 Å². The first-order valence-corrected chi connectivity index (χ1v) is 5.20. The highest BCUT2D eigenvalue weighted by Gasteiger charge is 1.31. The minimum Gasteiger partial charge on any atom is -0.507 e. The molecule has 4 heavy (non-hydrogen) atoms. The van der Waals surface area contributed by atoms with Crippen molar-refractivity contribution in [2.45, 2.75) is 17.4 Å². The zero-order valence-electron chi connectivity index (χ0n) is 3.58. The third-order valence-electron chi connectivity index (χ3n) is 0. The summed E-state index contributed by atoms with van der Waals surface area (Å²) in [5, 5.41) is 0. The Morgan fingerprint density at radius 2 is 1.00 bits per heavy atom. The van der Waals surface area contributed by atoms with E-state index in [0.717, 1.165) is 0 Å². The monoisotopic (exact) mass is 72.1 g/mol. The predicted molar refractivity (Wildman–Crippen MR) is 23.3 cm³/mol. The minimum absolute atomic E-state index is 0.139. The molecule has 0 aliphatic rings. The average molecular weight is 72.1 g/mol. The molecule has 0 saturated heterocycles. The highest BCUT2D eigenvalue weighted by atomic mass is 27.2. The molecule has 0 fully saturated rings. The Bertz CT molecular complexity index is 8.00. The average Bonchev–Trinajstić information content (AvgIpc) is 0.811. The Morgan fingerprint density at radius 1 is 1.00 bits per heavy atom. The number of hydrogen-bond donors (Lipinski definition) is 0. The van der Waals surface area contributed by atoms with E-state index >= 15 is 0 Å². The molecule has 0 aromatic carbocycles. The Kier molecular flexibility index (Phi) is 2.06. The fourth-order valence-corrected chi connectivity index (χ4v) is 0. The maximum atomic E-state index is 2.31. The molecule has 0 atom stereocenters. The molecule has 0 radical (unpaired) electrons. The normalized spacial score (nSPS) is 9.00. The lowest BCUT2D eigenvalue weighted by atomic mass is 11.8. The van der Waals surface area contributed by atoms with E-state index in [0.29, 0.717) is 0 Å². The van der Waals surface area contributed by atoms with Crippen molar-refractivity contribution in [2.75, 3.05) is 0 Å². The van der Waals surface area contributed by atoms with Gasteiger partial charge in [0, 0.05) is 0 Å². The van der Waals surface area contributed by atoms with E-state index in [4.69, 9.17) is 0 Å². The van der Waals surface area contributed by atoms with Gasteiger partial charge in [-0.3, -0.25) is 0 Å². The second kappa shape index (κ2) is 1.82. The lowest BCUT2D eigenvalue weighted by molar-refractivity contribution is 1.91. The molecular weight excluding hydrogens is 63.0 g/mol. The van der Waals surface area contributed by atoms with Crippen molar-refractivity contribution in [3.8, 4) is 0 Å². The number of hydrogen-bond acceptors (Lipinski definition) is 0. The van der Waals surface area contributed by atoms with E-state index in [1.54, 1.807) is 0 Å². The van der Waals surface area contributed by atoms with Crippen LogP contribution in [0.5, 0.6) is 0 Å². The molecule has 0 N–H and O–H groups in total. The van der Waals surface area contributed by atoms with Crippen molar-refractivity contribution in [3.05, 3.63) is 0 Å². The lowest BCUT2D eigenvalue weighted by Gasteiger charge is -2.16. The molecule has 0 unspecified atom stereocenters. The van der Waals surface area contributed by atoms with Crippen LogP contribution in [0.2, 0.25) is 17.4 Å². The Balaban J connectivity index is 2.32. The summed E-state index contributed by atoms with van der Waals surface area (Å²) >= 11 is -0.139. The van der Waals surface area contributed by atoms with Gasteiger partial charge in [0.1, 0.15) is 0 Å². The van der Waals surface area contributed by atoms with Crippen LogP contribution in [-0.4, -0.2) is 14.1 Å². The topological polar surface area (TPSA) is 0 Å². The summed E-state index contributed by atoms with van der Waals surface area (Å²) in [5.74, 6) is 6.92. The van der Waals surface area contributed by atoms with Crippen molar-refractivity contribution >= 4 is 14.1 Å². The van der Waals surface area contributed by atoms with E-state index in [-0.39, 0.29) is 14.1 Å². The molecule has 0 bridgehead atoms. The van der Waals surface area contributed by atoms with Crippen molar-refractivity contribution < 1.29 is 0 Å². The second-order valence-electron chi connectivity index (χ2n) is 1.73. The van der Waals surface area contributed by atoms with Gasteiger partial charge in [-0.2, -0.15) is 0 Å². The van der Waals surface area contributed by atoms with E-state index in [2.05, 4.69) is 17.4 Å². The van der Waals surface area contributed by atoms with Crippen LogP contribution in [-0.2, 0) is 0 Å². The summed E-state index contributed by atoms with van der Waals surface area (Å²) in [4.78, 5) is 0. The standard InChI is InChI=1S/3CH3.Al/h3*1H3;/q;;;-2. The second-order valence-corrected chi connectivity index (χ2v) is 5.20. The molecule has 0 aromatic heterocycles. The van der Waals surface area contributed by atoms with Gasteiger partial charge in [-0.1, -0.05) is 0 Å². The first kappa shape index (κ1) is 4.53. The van der Waals surface area contributed by atoms with Crippen molar-refractivity contribution in [1.29, 1.82) is 0 Å². The van der Waals surface area contributed by atoms with Crippen LogP contribution in [0.15, 0.2) is 0 Å². The quantitative estimate of drug-likeness (QED) is 0.379. The Hall–Kier alpha value is 0.532. The van der Waals surface area contributed by atoms with Crippen molar-refractivity contribution in [1.82, 2.24) is 0 Å². The summed E-state index contributed by atoms with van der Waals surface area (Å²) in [6, 6.07) is 0. The molecule has 0 heterocycles. The van der Waals surface area contributed by atoms with E-state index in [9.17, 15) is 0 Å².